The van der Waals surface area contributed by atoms with Crippen molar-refractivity contribution in [2.75, 3.05) is 42.8 Å². The minimum atomic E-state index is -0.153. The standard InChI is InChI=1S/C23H41NO4S4/c1-22(2,3)9-7-20(25)27-11-17(18-13-29-30-14-18)12-28-21(26)8-10-24(23(4,5)6)19-15-31-32-16-19/h17-19H,7-16H2,1-6H3. The van der Waals surface area contributed by atoms with E-state index in [0.29, 0.717) is 38.0 Å². The molecule has 5 nitrogen and oxygen atoms in total. The number of rotatable bonds is 11. The highest BCUT2D eigenvalue weighted by Crippen LogP contribution is 2.39. The van der Waals surface area contributed by atoms with E-state index in [2.05, 4.69) is 46.4 Å². The smallest absolute Gasteiger partial charge is 0.307 e. The first-order valence-electron chi connectivity index (χ1n) is 11.5. The molecule has 0 saturated carbocycles. The zero-order valence-electron chi connectivity index (χ0n) is 20.5. The Morgan fingerprint density at radius 3 is 1.84 bits per heavy atom. The third-order valence-electron chi connectivity index (χ3n) is 5.77. The predicted octanol–water partition coefficient (Wildman–Crippen LogP) is 5.78. The number of carbonyl (C=O) groups is 2. The molecular formula is C23H41NO4S4. The van der Waals surface area contributed by atoms with Gasteiger partial charge in [-0.05, 0) is 38.5 Å². The van der Waals surface area contributed by atoms with Gasteiger partial charge in [-0.1, -0.05) is 63.9 Å². The van der Waals surface area contributed by atoms with Crippen LogP contribution in [0.1, 0.15) is 60.8 Å². The third-order valence-corrected chi connectivity index (χ3v) is 10.9. The highest BCUT2D eigenvalue weighted by Gasteiger charge is 2.33. The van der Waals surface area contributed by atoms with Crippen molar-refractivity contribution < 1.29 is 19.1 Å². The van der Waals surface area contributed by atoms with Crippen molar-refractivity contribution in [1.82, 2.24) is 4.90 Å². The van der Waals surface area contributed by atoms with E-state index in [4.69, 9.17) is 9.47 Å². The minimum absolute atomic E-state index is 0.0263. The fourth-order valence-electron chi connectivity index (χ4n) is 3.69. The summed E-state index contributed by atoms with van der Waals surface area (Å²) >= 11 is 0. The molecule has 2 fully saturated rings. The zero-order chi connectivity index (χ0) is 23.8. The number of esters is 2. The van der Waals surface area contributed by atoms with E-state index in [1.807, 2.05) is 43.2 Å². The van der Waals surface area contributed by atoms with Gasteiger partial charge in [0.05, 0.1) is 19.6 Å². The van der Waals surface area contributed by atoms with Gasteiger partial charge < -0.3 is 9.47 Å². The van der Waals surface area contributed by atoms with Crippen LogP contribution in [0.3, 0.4) is 0 Å². The van der Waals surface area contributed by atoms with Crippen molar-refractivity contribution in [3.63, 3.8) is 0 Å². The summed E-state index contributed by atoms with van der Waals surface area (Å²) in [6, 6.07) is 0.505. The average molecular weight is 524 g/mol. The van der Waals surface area contributed by atoms with Crippen LogP contribution in [0, 0.1) is 17.3 Å². The monoisotopic (exact) mass is 523 g/mol. The Balaban J connectivity index is 1.80. The molecule has 2 aliphatic heterocycles. The minimum Gasteiger partial charge on any atom is -0.465 e. The lowest BCUT2D eigenvalue weighted by Crippen LogP contribution is -2.50. The largest absolute Gasteiger partial charge is 0.465 e. The first-order chi connectivity index (χ1) is 15.0. The predicted molar refractivity (Wildman–Crippen MR) is 142 cm³/mol. The van der Waals surface area contributed by atoms with Crippen LogP contribution in [-0.2, 0) is 19.1 Å². The molecule has 1 atom stereocenters. The Bertz CT molecular complexity index is 594. The van der Waals surface area contributed by atoms with Crippen molar-refractivity contribution in [1.29, 1.82) is 0 Å². The molecule has 2 aliphatic rings. The van der Waals surface area contributed by atoms with Gasteiger partial charge in [0.25, 0.3) is 0 Å². The van der Waals surface area contributed by atoms with Crippen molar-refractivity contribution in [3.8, 4) is 0 Å². The molecule has 0 spiro atoms. The summed E-state index contributed by atoms with van der Waals surface area (Å²) in [5, 5.41) is 0. The topological polar surface area (TPSA) is 55.8 Å². The van der Waals surface area contributed by atoms with Crippen molar-refractivity contribution in [2.24, 2.45) is 17.3 Å². The van der Waals surface area contributed by atoms with Gasteiger partial charge in [-0.2, -0.15) is 0 Å². The molecule has 9 heteroatoms. The van der Waals surface area contributed by atoms with E-state index in [9.17, 15) is 9.59 Å². The molecule has 0 aromatic carbocycles. The van der Waals surface area contributed by atoms with Crippen LogP contribution in [0.5, 0.6) is 0 Å². The van der Waals surface area contributed by atoms with Gasteiger partial charge in [0.1, 0.15) is 0 Å². The van der Waals surface area contributed by atoms with Crippen molar-refractivity contribution in [2.45, 2.75) is 72.4 Å². The highest BCUT2D eigenvalue weighted by molar-refractivity contribution is 8.77. The molecule has 0 amide bonds. The molecule has 32 heavy (non-hydrogen) atoms. The summed E-state index contributed by atoms with van der Waals surface area (Å²) in [5.41, 5.74) is 0.141. The maximum atomic E-state index is 12.6. The van der Waals surface area contributed by atoms with E-state index in [-0.39, 0.29) is 28.8 Å². The summed E-state index contributed by atoms with van der Waals surface area (Å²) in [5.74, 6) is 4.42. The molecule has 0 aromatic rings. The van der Waals surface area contributed by atoms with Gasteiger partial charge >= 0.3 is 11.9 Å². The zero-order valence-corrected chi connectivity index (χ0v) is 23.8. The summed E-state index contributed by atoms with van der Waals surface area (Å²) < 4.78 is 11.3. The molecule has 0 aromatic heterocycles. The first kappa shape index (κ1) is 28.5. The van der Waals surface area contributed by atoms with Crippen LogP contribution in [-0.4, -0.2) is 71.2 Å². The number of hydrogen-bond acceptors (Lipinski definition) is 9. The molecule has 0 radical (unpaired) electrons. The van der Waals surface area contributed by atoms with Gasteiger partial charge in [-0.25, -0.2) is 0 Å². The molecule has 0 bridgehead atoms. The number of hydrogen-bond donors (Lipinski definition) is 0. The molecule has 186 valence electrons. The van der Waals surface area contributed by atoms with Gasteiger partial charge in [-0.15, -0.1) is 0 Å². The van der Waals surface area contributed by atoms with Crippen LogP contribution in [0.4, 0.5) is 0 Å². The van der Waals surface area contributed by atoms with Gasteiger partial charge in [0, 0.05) is 53.5 Å². The number of nitrogens with zero attached hydrogens (tertiary/aromatic N) is 1. The van der Waals surface area contributed by atoms with Gasteiger partial charge in [0.15, 0.2) is 0 Å². The third kappa shape index (κ3) is 10.7. The second-order valence-electron chi connectivity index (χ2n) is 10.9. The van der Waals surface area contributed by atoms with Crippen LogP contribution < -0.4 is 0 Å². The highest BCUT2D eigenvalue weighted by atomic mass is 33.1. The summed E-state index contributed by atoms with van der Waals surface area (Å²) in [6.45, 7) is 14.4. The maximum absolute atomic E-state index is 12.6. The van der Waals surface area contributed by atoms with E-state index < -0.39 is 0 Å². The molecule has 2 rings (SSSR count). The summed E-state index contributed by atoms with van der Waals surface area (Å²) in [4.78, 5) is 27.2. The Labute approximate surface area is 210 Å². The van der Waals surface area contributed by atoms with E-state index in [1.54, 1.807) is 0 Å². The maximum Gasteiger partial charge on any atom is 0.307 e. The van der Waals surface area contributed by atoms with Crippen LogP contribution >= 0.6 is 43.2 Å². The van der Waals surface area contributed by atoms with Crippen LogP contribution in [0.2, 0.25) is 0 Å². The van der Waals surface area contributed by atoms with Crippen molar-refractivity contribution >= 4 is 55.1 Å². The Morgan fingerprint density at radius 1 is 0.844 bits per heavy atom. The van der Waals surface area contributed by atoms with E-state index >= 15 is 0 Å². The fraction of sp³-hybridized carbons (Fsp3) is 0.913. The van der Waals surface area contributed by atoms with Gasteiger partial charge in [0.2, 0.25) is 0 Å². The molecule has 2 saturated heterocycles. The fourth-order valence-corrected chi connectivity index (χ4v) is 9.56. The second-order valence-corrected chi connectivity index (χ2v) is 16.0. The van der Waals surface area contributed by atoms with Gasteiger partial charge in [-0.3, -0.25) is 14.5 Å². The average Bonchev–Trinajstić information content (AvgIpc) is 3.39. The first-order valence-corrected chi connectivity index (χ1v) is 16.5. The molecule has 1 unspecified atom stereocenters. The summed E-state index contributed by atoms with van der Waals surface area (Å²) in [6.07, 6.45) is 1.64. The van der Waals surface area contributed by atoms with Crippen LogP contribution in [0.25, 0.3) is 0 Å². The van der Waals surface area contributed by atoms with Crippen LogP contribution in [0.15, 0.2) is 0 Å². The lowest BCUT2D eigenvalue weighted by atomic mass is 9.91. The number of carbonyl (C=O) groups excluding carboxylic acids is 2. The van der Waals surface area contributed by atoms with Crippen molar-refractivity contribution in [3.05, 3.63) is 0 Å². The number of ether oxygens (including phenoxy) is 2. The van der Waals surface area contributed by atoms with E-state index in [0.717, 1.165) is 36.0 Å². The molecule has 2 heterocycles. The Morgan fingerprint density at radius 2 is 1.34 bits per heavy atom. The molecule has 0 N–H and O–H groups in total. The lowest BCUT2D eigenvalue weighted by molar-refractivity contribution is -0.150. The second kappa shape index (κ2) is 13.4. The molecular weight excluding hydrogens is 483 g/mol. The normalized spacial score (nSPS) is 19.5. The quantitative estimate of drug-likeness (QED) is 0.248. The van der Waals surface area contributed by atoms with E-state index in [1.165, 1.54) is 0 Å². The Kier molecular flexibility index (Phi) is 12.0. The summed E-state index contributed by atoms with van der Waals surface area (Å²) in [7, 11) is 7.53. The molecule has 0 aliphatic carbocycles. The SMILES string of the molecule is CC(C)(C)CCC(=O)OCC(COC(=O)CCN(C1CSSC1)C(C)(C)C)C1CSSC1. The lowest BCUT2D eigenvalue weighted by Gasteiger charge is -2.39. The Hall–Kier alpha value is 0.300.